The summed E-state index contributed by atoms with van der Waals surface area (Å²) in [7, 11) is 0. The van der Waals surface area contributed by atoms with Crippen LogP contribution in [0, 0.1) is 6.92 Å². The first-order valence-electron chi connectivity index (χ1n) is 9.36. The number of amides is 1. The fourth-order valence-corrected chi connectivity index (χ4v) is 3.67. The van der Waals surface area contributed by atoms with Gasteiger partial charge in [0.05, 0.1) is 28.9 Å². The third kappa shape index (κ3) is 4.08. The molecule has 4 aromatic rings. The molecular formula is C22H19N3O4S. The van der Waals surface area contributed by atoms with Crippen molar-refractivity contribution in [3.8, 4) is 11.3 Å². The molecule has 0 saturated heterocycles. The zero-order valence-corrected chi connectivity index (χ0v) is 17.2. The van der Waals surface area contributed by atoms with Crippen LogP contribution in [0.1, 0.15) is 27.9 Å². The maximum atomic E-state index is 12.9. The second-order valence-electron chi connectivity index (χ2n) is 6.71. The summed E-state index contributed by atoms with van der Waals surface area (Å²) in [5.74, 6) is -1.00. The maximum absolute atomic E-state index is 12.9. The number of carbonyl (C=O) groups is 2. The summed E-state index contributed by atoms with van der Waals surface area (Å²) in [5, 5.41) is 9.11. The number of pyridine rings is 1. The second-order valence-corrected chi connectivity index (χ2v) is 7.75. The van der Waals surface area contributed by atoms with Crippen molar-refractivity contribution in [1.82, 2.24) is 15.5 Å². The van der Waals surface area contributed by atoms with Gasteiger partial charge < -0.3 is 14.6 Å². The Morgan fingerprint density at radius 2 is 2.00 bits per heavy atom. The molecule has 0 fully saturated rings. The summed E-state index contributed by atoms with van der Waals surface area (Å²) in [5.41, 5.74) is 2.41. The largest absolute Gasteiger partial charge is 0.449 e. The Morgan fingerprint density at radius 3 is 2.73 bits per heavy atom. The van der Waals surface area contributed by atoms with Crippen molar-refractivity contribution in [3.63, 3.8) is 0 Å². The molecule has 0 aliphatic rings. The van der Waals surface area contributed by atoms with Gasteiger partial charge in [0.15, 0.2) is 6.10 Å². The number of aromatic nitrogens is 2. The molecule has 1 amide bonds. The molecular weight excluding hydrogens is 402 g/mol. The summed E-state index contributed by atoms with van der Waals surface area (Å²) >= 11 is 1.54. The molecule has 4 rings (SSSR count). The van der Waals surface area contributed by atoms with E-state index < -0.39 is 12.1 Å². The Balaban J connectivity index is 1.57. The third-order valence-electron chi connectivity index (χ3n) is 4.58. The number of carbonyl (C=O) groups excluding carboxylic acids is 2. The lowest BCUT2D eigenvalue weighted by Crippen LogP contribution is -2.35. The quantitative estimate of drug-likeness (QED) is 0.471. The summed E-state index contributed by atoms with van der Waals surface area (Å²) in [4.78, 5) is 30.8. The summed E-state index contributed by atoms with van der Waals surface area (Å²) in [6.45, 7) is 3.66. The Bertz CT molecular complexity index is 1190. The summed E-state index contributed by atoms with van der Waals surface area (Å²) in [6.07, 6.45) is -0.957. The first-order chi connectivity index (χ1) is 14.5. The van der Waals surface area contributed by atoms with E-state index >= 15 is 0 Å². The lowest BCUT2D eigenvalue weighted by molar-refractivity contribution is -0.129. The van der Waals surface area contributed by atoms with E-state index in [0.717, 1.165) is 10.4 Å². The zero-order chi connectivity index (χ0) is 21.1. The SMILES string of the molecule is Cc1noc2nc(-c3ccccc3)cc(C(=O)OC(C)C(=O)NCc3cccs3)c12. The first kappa shape index (κ1) is 19.8. The standard InChI is InChI=1S/C22H19N3O4S/c1-13-19-17(11-18(24-21(19)29-25-13)15-7-4-3-5-8-15)22(27)28-14(2)20(26)23-12-16-9-6-10-30-16/h3-11,14H,12H2,1-2H3,(H,23,26). The van der Waals surface area contributed by atoms with Gasteiger partial charge in [-0.15, -0.1) is 11.3 Å². The minimum Gasteiger partial charge on any atom is -0.449 e. The highest BCUT2D eigenvalue weighted by molar-refractivity contribution is 7.09. The van der Waals surface area contributed by atoms with E-state index in [1.807, 2.05) is 47.8 Å². The Kier molecular flexibility index (Phi) is 5.58. The van der Waals surface area contributed by atoms with Gasteiger partial charge in [-0.3, -0.25) is 4.79 Å². The minimum absolute atomic E-state index is 0.246. The van der Waals surface area contributed by atoms with Crippen LogP contribution in [0.15, 0.2) is 58.4 Å². The number of benzene rings is 1. The van der Waals surface area contributed by atoms with Crippen LogP contribution in [0.2, 0.25) is 0 Å². The lowest BCUT2D eigenvalue weighted by Gasteiger charge is -2.14. The van der Waals surface area contributed by atoms with Gasteiger partial charge in [-0.25, -0.2) is 9.78 Å². The molecule has 3 heterocycles. The van der Waals surface area contributed by atoms with E-state index in [-0.39, 0.29) is 17.2 Å². The van der Waals surface area contributed by atoms with Crippen molar-refractivity contribution in [1.29, 1.82) is 0 Å². The van der Waals surface area contributed by atoms with Gasteiger partial charge in [0, 0.05) is 10.4 Å². The molecule has 7 nitrogen and oxygen atoms in total. The molecule has 1 unspecified atom stereocenters. The monoisotopic (exact) mass is 421 g/mol. The fraction of sp³-hybridized carbons (Fsp3) is 0.182. The normalized spacial score (nSPS) is 11.9. The van der Waals surface area contributed by atoms with Gasteiger partial charge in [-0.05, 0) is 31.4 Å². The van der Waals surface area contributed by atoms with Crippen molar-refractivity contribution in [2.45, 2.75) is 26.5 Å². The number of nitrogens with zero attached hydrogens (tertiary/aromatic N) is 2. The van der Waals surface area contributed by atoms with Crippen molar-refractivity contribution in [2.75, 3.05) is 0 Å². The van der Waals surface area contributed by atoms with Crippen LogP contribution in [0.25, 0.3) is 22.4 Å². The van der Waals surface area contributed by atoms with Crippen molar-refractivity contribution >= 4 is 34.3 Å². The molecule has 0 aliphatic heterocycles. The summed E-state index contributed by atoms with van der Waals surface area (Å²) in [6, 6.07) is 14.9. The highest BCUT2D eigenvalue weighted by atomic mass is 32.1. The van der Waals surface area contributed by atoms with E-state index in [1.54, 1.807) is 31.3 Å². The van der Waals surface area contributed by atoms with E-state index in [2.05, 4.69) is 15.5 Å². The number of hydrogen-bond acceptors (Lipinski definition) is 7. The van der Waals surface area contributed by atoms with E-state index in [0.29, 0.717) is 23.3 Å². The predicted molar refractivity (Wildman–Crippen MR) is 113 cm³/mol. The van der Waals surface area contributed by atoms with E-state index in [9.17, 15) is 9.59 Å². The van der Waals surface area contributed by atoms with Gasteiger partial charge >= 0.3 is 5.97 Å². The molecule has 1 atom stereocenters. The molecule has 30 heavy (non-hydrogen) atoms. The van der Waals surface area contributed by atoms with Gasteiger partial charge in [0.25, 0.3) is 11.6 Å². The predicted octanol–water partition coefficient (Wildman–Crippen LogP) is 4.12. The molecule has 3 aromatic heterocycles. The second kappa shape index (κ2) is 8.46. The van der Waals surface area contributed by atoms with Crippen LogP contribution in [0.4, 0.5) is 0 Å². The molecule has 0 saturated carbocycles. The first-order valence-corrected chi connectivity index (χ1v) is 10.2. The highest BCUT2D eigenvalue weighted by Crippen LogP contribution is 2.27. The molecule has 8 heteroatoms. The van der Waals surface area contributed by atoms with Gasteiger partial charge in [0.2, 0.25) is 0 Å². The van der Waals surface area contributed by atoms with Crippen molar-refractivity contribution in [3.05, 3.63) is 70.0 Å². The smallest absolute Gasteiger partial charge is 0.339 e. The number of aryl methyl sites for hydroxylation is 1. The third-order valence-corrected chi connectivity index (χ3v) is 5.45. The number of thiophene rings is 1. The van der Waals surface area contributed by atoms with Crippen LogP contribution in [-0.2, 0) is 16.1 Å². The van der Waals surface area contributed by atoms with Crippen molar-refractivity contribution in [2.24, 2.45) is 0 Å². The Morgan fingerprint density at radius 1 is 1.20 bits per heavy atom. The molecule has 1 aromatic carbocycles. The van der Waals surface area contributed by atoms with Gasteiger partial charge in [-0.2, -0.15) is 0 Å². The van der Waals surface area contributed by atoms with Crippen molar-refractivity contribution < 1.29 is 18.8 Å². The van der Waals surface area contributed by atoms with Crippen LogP contribution in [0.5, 0.6) is 0 Å². The number of fused-ring (bicyclic) bond motifs is 1. The van der Waals surface area contributed by atoms with E-state index in [1.165, 1.54) is 0 Å². The Labute approximate surface area is 176 Å². The van der Waals surface area contributed by atoms with Crippen LogP contribution in [-0.4, -0.2) is 28.1 Å². The fourth-order valence-electron chi connectivity index (χ4n) is 3.02. The Hall–Kier alpha value is -3.52. The molecule has 0 radical (unpaired) electrons. The topological polar surface area (TPSA) is 94.3 Å². The van der Waals surface area contributed by atoms with E-state index in [4.69, 9.17) is 9.26 Å². The average molecular weight is 421 g/mol. The molecule has 0 spiro atoms. The lowest BCUT2D eigenvalue weighted by atomic mass is 10.1. The molecule has 0 bridgehead atoms. The maximum Gasteiger partial charge on any atom is 0.339 e. The zero-order valence-electron chi connectivity index (χ0n) is 16.4. The highest BCUT2D eigenvalue weighted by Gasteiger charge is 2.24. The van der Waals surface area contributed by atoms with Gasteiger partial charge in [-0.1, -0.05) is 41.6 Å². The van der Waals surface area contributed by atoms with Gasteiger partial charge in [0.1, 0.15) is 0 Å². The summed E-state index contributed by atoms with van der Waals surface area (Å²) < 4.78 is 10.7. The van der Waals surface area contributed by atoms with Crippen LogP contribution >= 0.6 is 11.3 Å². The molecule has 1 N–H and O–H groups in total. The number of nitrogens with one attached hydrogen (secondary N) is 1. The number of rotatable bonds is 6. The molecule has 0 aliphatic carbocycles. The van der Waals surface area contributed by atoms with Crippen LogP contribution < -0.4 is 5.32 Å². The van der Waals surface area contributed by atoms with Crippen LogP contribution in [0.3, 0.4) is 0 Å². The number of ether oxygens (including phenoxy) is 1. The minimum atomic E-state index is -0.957. The molecule has 152 valence electrons. The average Bonchev–Trinajstić information content (AvgIpc) is 3.42. The number of hydrogen-bond donors (Lipinski definition) is 1. The number of esters is 1.